The Morgan fingerprint density at radius 1 is 1.00 bits per heavy atom. The zero-order valence-electron chi connectivity index (χ0n) is 9.94. The Bertz CT molecular complexity index is 736. The first-order valence-corrected chi connectivity index (χ1v) is 6.71. The van der Waals surface area contributed by atoms with Gasteiger partial charge in [0.2, 0.25) is 0 Å². The smallest absolute Gasteiger partial charge is 0.159 e. The van der Waals surface area contributed by atoms with Gasteiger partial charge in [-0.2, -0.15) is 0 Å². The molecule has 0 saturated carbocycles. The molecule has 3 aromatic rings. The molecule has 0 radical (unpaired) electrons. The fraction of sp³-hybridized carbons (Fsp3) is 0.0667. The van der Waals surface area contributed by atoms with Gasteiger partial charge in [0.15, 0.2) is 11.6 Å². The topological polar surface area (TPSA) is 26.0 Å². The maximum atomic E-state index is 13.3. The summed E-state index contributed by atoms with van der Waals surface area (Å²) >= 11 is 1.60. The van der Waals surface area contributed by atoms with Crippen LogP contribution < -0.4 is 5.73 Å². The molecule has 3 rings (SSSR count). The molecule has 1 atom stereocenters. The Hall–Kier alpha value is -1.78. The van der Waals surface area contributed by atoms with Crippen molar-refractivity contribution in [3.05, 3.63) is 70.6 Å². The van der Waals surface area contributed by atoms with Gasteiger partial charge in [0.25, 0.3) is 0 Å². The number of hydrogen-bond acceptors (Lipinski definition) is 2. The molecule has 4 heteroatoms. The van der Waals surface area contributed by atoms with Crippen molar-refractivity contribution < 1.29 is 8.78 Å². The fourth-order valence-corrected chi connectivity index (χ4v) is 3.10. The van der Waals surface area contributed by atoms with Crippen LogP contribution in [0.3, 0.4) is 0 Å². The van der Waals surface area contributed by atoms with Crippen molar-refractivity contribution in [2.75, 3.05) is 0 Å². The molecule has 0 amide bonds. The molecule has 96 valence electrons. The van der Waals surface area contributed by atoms with Crippen molar-refractivity contribution >= 4 is 21.4 Å². The lowest BCUT2D eigenvalue weighted by Crippen LogP contribution is -2.12. The predicted octanol–water partition coefficient (Wildman–Crippen LogP) is 4.23. The van der Waals surface area contributed by atoms with Crippen LogP contribution in [-0.2, 0) is 0 Å². The number of fused-ring (bicyclic) bond motifs is 1. The fourth-order valence-electron chi connectivity index (χ4n) is 2.15. The number of rotatable bonds is 2. The lowest BCUT2D eigenvalue weighted by Gasteiger charge is -2.14. The van der Waals surface area contributed by atoms with Gasteiger partial charge in [-0.1, -0.05) is 24.3 Å². The van der Waals surface area contributed by atoms with Gasteiger partial charge in [0.1, 0.15) is 0 Å². The second-order valence-electron chi connectivity index (χ2n) is 4.34. The van der Waals surface area contributed by atoms with E-state index in [2.05, 4.69) is 0 Å². The maximum absolute atomic E-state index is 13.3. The third-order valence-corrected chi connectivity index (χ3v) is 4.13. The highest BCUT2D eigenvalue weighted by Crippen LogP contribution is 2.31. The Morgan fingerprint density at radius 3 is 2.63 bits per heavy atom. The van der Waals surface area contributed by atoms with E-state index in [0.717, 1.165) is 27.8 Å². The average molecular weight is 275 g/mol. The second kappa shape index (κ2) is 4.72. The molecule has 2 N–H and O–H groups in total. The second-order valence-corrected chi connectivity index (χ2v) is 5.25. The number of hydrogen-bond donors (Lipinski definition) is 1. The van der Waals surface area contributed by atoms with Gasteiger partial charge in [-0.15, -0.1) is 11.3 Å². The summed E-state index contributed by atoms with van der Waals surface area (Å²) in [6.45, 7) is 0. The van der Waals surface area contributed by atoms with E-state index < -0.39 is 17.7 Å². The molecule has 0 aliphatic rings. The van der Waals surface area contributed by atoms with Crippen LogP contribution in [-0.4, -0.2) is 0 Å². The van der Waals surface area contributed by atoms with E-state index in [1.54, 1.807) is 11.3 Å². The van der Waals surface area contributed by atoms with Crippen LogP contribution in [0.1, 0.15) is 17.2 Å². The molecule has 0 aliphatic heterocycles. The summed E-state index contributed by atoms with van der Waals surface area (Å²) in [5.41, 5.74) is 7.68. The van der Waals surface area contributed by atoms with E-state index in [0.29, 0.717) is 5.56 Å². The van der Waals surface area contributed by atoms with Crippen LogP contribution in [0.4, 0.5) is 8.78 Å². The Balaban J connectivity index is 2.10. The van der Waals surface area contributed by atoms with Gasteiger partial charge in [-0.25, -0.2) is 8.78 Å². The van der Waals surface area contributed by atoms with Crippen molar-refractivity contribution in [3.8, 4) is 0 Å². The summed E-state index contributed by atoms with van der Waals surface area (Å²) < 4.78 is 27.3. The molecular weight excluding hydrogens is 264 g/mol. The van der Waals surface area contributed by atoms with Crippen LogP contribution in [0, 0.1) is 11.6 Å². The summed E-state index contributed by atoms with van der Waals surface area (Å²) in [4.78, 5) is 0. The van der Waals surface area contributed by atoms with E-state index in [-0.39, 0.29) is 0 Å². The maximum Gasteiger partial charge on any atom is 0.159 e. The van der Waals surface area contributed by atoms with Crippen molar-refractivity contribution in [2.45, 2.75) is 6.04 Å². The standard InChI is InChI=1S/C15H11F2NS/c16-12-5-4-10(8-13(12)17)14(18)11-3-1-2-9-6-7-19-15(9)11/h1-8,14H,18H2. The normalized spacial score (nSPS) is 12.8. The monoisotopic (exact) mass is 275 g/mol. The van der Waals surface area contributed by atoms with Gasteiger partial charge in [0.05, 0.1) is 6.04 Å². The van der Waals surface area contributed by atoms with Gasteiger partial charge in [0, 0.05) is 4.70 Å². The van der Waals surface area contributed by atoms with E-state index in [1.165, 1.54) is 6.07 Å². The third kappa shape index (κ3) is 2.13. The van der Waals surface area contributed by atoms with Crippen LogP contribution in [0.25, 0.3) is 10.1 Å². The largest absolute Gasteiger partial charge is 0.320 e. The molecule has 2 aromatic carbocycles. The quantitative estimate of drug-likeness (QED) is 0.744. The van der Waals surface area contributed by atoms with E-state index in [9.17, 15) is 8.78 Å². The SMILES string of the molecule is NC(c1ccc(F)c(F)c1)c1cccc2ccsc12. The van der Waals surface area contributed by atoms with Crippen molar-refractivity contribution in [1.29, 1.82) is 0 Å². The Labute approximate surface area is 113 Å². The van der Waals surface area contributed by atoms with Crippen LogP contribution in [0.15, 0.2) is 47.8 Å². The summed E-state index contributed by atoms with van der Waals surface area (Å²) in [5.74, 6) is -1.73. The van der Waals surface area contributed by atoms with Crippen molar-refractivity contribution in [1.82, 2.24) is 0 Å². The highest BCUT2D eigenvalue weighted by atomic mass is 32.1. The number of nitrogens with two attached hydrogens (primary N) is 1. The Morgan fingerprint density at radius 2 is 1.84 bits per heavy atom. The molecule has 0 bridgehead atoms. The molecular formula is C15H11F2NS. The molecule has 1 heterocycles. The van der Waals surface area contributed by atoms with E-state index in [1.807, 2.05) is 29.6 Å². The minimum atomic E-state index is -0.869. The molecule has 1 aromatic heterocycles. The predicted molar refractivity (Wildman–Crippen MR) is 74.2 cm³/mol. The van der Waals surface area contributed by atoms with Crippen LogP contribution >= 0.6 is 11.3 Å². The van der Waals surface area contributed by atoms with Gasteiger partial charge >= 0.3 is 0 Å². The van der Waals surface area contributed by atoms with Gasteiger partial charge in [-0.05, 0) is 40.1 Å². The number of halogens is 2. The first-order chi connectivity index (χ1) is 9.16. The first-order valence-electron chi connectivity index (χ1n) is 5.83. The zero-order chi connectivity index (χ0) is 13.4. The lowest BCUT2D eigenvalue weighted by molar-refractivity contribution is 0.506. The van der Waals surface area contributed by atoms with E-state index in [4.69, 9.17) is 5.73 Å². The molecule has 0 spiro atoms. The molecule has 1 unspecified atom stereocenters. The molecule has 0 saturated heterocycles. The summed E-state index contributed by atoms with van der Waals surface area (Å²) in [5, 5.41) is 3.10. The van der Waals surface area contributed by atoms with Gasteiger partial charge in [-0.3, -0.25) is 0 Å². The average Bonchev–Trinajstić information content (AvgIpc) is 2.89. The minimum Gasteiger partial charge on any atom is -0.320 e. The highest BCUT2D eigenvalue weighted by Gasteiger charge is 2.14. The zero-order valence-corrected chi connectivity index (χ0v) is 10.8. The molecule has 0 fully saturated rings. The van der Waals surface area contributed by atoms with Gasteiger partial charge < -0.3 is 5.73 Å². The van der Waals surface area contributed by atoms with E-state index >= 15 is 0 Å². The van der Waals surface area contributed by atoms with Crippen molar-refractivity contribution in [2.24, 2.45) is 5.73 Å². The molecule has 1 nitrogen and oxygen atoms in total. The summed E-state index contributed by atoms with van der Waals surface area (Å²) in [7, 11) is 0. The number of thiophene rings is 1. The highest BCUT2D eigenvalue weighted by molar-refractivity contribution is 7.17. The first kappa shape index (κ1) is 12.3. The van der Waals surface area contributed by atoms with Crippen molar-refractivity contribution in [3.63, 3.8) is 0 Å². The molecule has 0 aliphatic carbocycles. The summed E-state index contributed by atoms with van der Waals surface area (Å²) in [6.07, 6.45) is 0. The lowest BCUT2D eigenvalue weighted by atomic mass is 9.98. The molecule has 19 heavy (non-hydrogen) atoms. The number of benzene rings is 2. The van der Waals surface area contributed by atoms with Crippen LogP contribution in [0.5, 0.6) is 0 Å². The summed E-state index contributed by atoms with van der Waals surface area (Å²) in [6, 6.07) is 11.2. The van der Waals surface area contributed by atoms with Crippen LogP contribution in [0.2, 0.25) is 0 Å². The Kier molecular flexibility index (Phi) is 3.05. The third-order valence-electron chi connectivity index (χ3n) is 3.15. The minimum absolute atomic E-state index is 0.461.